The van der Waals surface area contributed by atoms with Crippen molar-refractivity contribution in [2.75, 3.05) is 19.8 Å². The van der Waals surface area contributed by atoms with Crippen LogP contribution in [0.15, 0.2) is 24.3 Å². The van der Waals surface area contributed by atoms with Gasteiger partial charge in [-0.05, 0) is 46.9 Å². The van der Waals surface area contributed by atoms with E-state index >= 15 is 0 Å². The molecule has 4 heteroatoms. The average molecular weight is 306 g/mol. The van der Waals surface area contributed by atoms with E-state index in [-0.39, 0.29) is 6.29 Å². The van der Waals surface area contributed by atoms with Gasteiger partial charge in [-0.1, -0.05) is 0 Å². The molecule has 1 aliphatic rings. The Balaban J connectivity index is 1.82. The summed E-state index contributed by atoms with van der Waals surface area (Å²) in [5, 5.41) is 0. The molecule has 1 heterocycles. The van der Waals surface area contributed by atoms with Gasteiger partial charge < -0.3 is 14.2 Å². The zero-order valence-corrected chi connectivity index (χ0v) is 9.77. The van der Waals surface area contributed by atoms with Crippen LogP contribution in [0, 0.1) is 3.57 Å². The third-order valence-electron chi connectivity index (χ3n) is 1.89. The zero-order chi connectivity index (χ0) is 9.80. The van der Waals surface area contributed by atoms with Crippen LogP contribution in [0.3, 0.4) is 0 Å². The number of halogens is 1. The van der Waals surface area contributed by atoms with Gasteiger partial charge in [-0.2, -0.15) is 0 Å². The molecule has 1 fully saturated rings. The molecule has 0 N–H and O–H groups in total. The smallest absolute Gasteiger partial charge is 0.191 e. The van der Waals surface area contributed by atoms with Crippen molar-refractivity contribution in [1.29, 1.82) is 0 Å². The van der Waals surface area contributed by atoms with Crippen LogP contribution in [0.25, 0.3) is 0 Å². The van der Waals surface area contributed by atoms with Gasteiger partial charge in [0.1, 0.15) is 12.4 Å². The molecule has 0 radical (unpaired) electrons. The SMILES string of the molecule is Ic1ccc(OCC2OCCO2)cc1. The number of hydrogen-bond acceptors (Lipinski definition) is 3. The van der Waals surface area contributed by atoms with Crippen LogP contribution in [0.5, 0.6) is 5.75 Å². The van der Waals surface area contributed by atoms with Gasteiger partial charge in [-0.15, -0.1) is 0 Å². The molecule has 0 aliphatic carbocycles. The lowest BCUT2D eigenvalue weighted by atomic mass is 10.3. The van der Waals surface area contributed by atoms with Gasteiger partial charge in [-0.3, -0.25) is 0 Å². The van der Waals surface area contributed by atoms with Crippen LogP contribution in [0.2, 0.25) is 0 Å². The van der Waals surface area contributed by atoms with Crippen molar-refractivity contribution in [3.8, 4) is 5.75 Å². The van der Waals surface area contributed by atoms with E-state index in [1.807, 2.05) is 24.3 Å². The van der Waals surface area contributed by atoms with Crippen LogP contribution < -0.4 is 4.74 Å². The molecule has 0 amide bonds. The largest absolute Gasteiger partial charge is 0.488 e. The van der Waals surface area contributed by atoms with E-state index in [1.54, 1.807) is 0 Å². The summed E-state index contributed by atoms with van der Waals surface area (Å²) in [5.41, 5.74) is 0. The zero-order valence-electron chi connectivity index (χ0n) is 7.61. The second-order valence-electron chi connectivity index (χ2n) is 2.94. The molecule has 1 aliphatic heterocycles. The maximum Gasteiger partial charge on any atom is 0.191 e. The molecular formula is C10H11IO3. The first-order chi connectivity index (χ1) is 6.84. The molecule has 0 aromatic heterocycles. The molecule has 3 nitrogen and oxygen atoms in total. The maximum atomic E-state index is 5.49. The van der Waals surface area contributed by atoms with Gasteiger partial charge in [0.2, 0.25) is 0 Å². The highest BCUT2D eigenvalue weighted by atomic mass is 127. The number of rotatable bonds is 3. The van der Waals surface area contributed by atoms with Gasteiger partial charge >= 0.3 is 0 Å². The fourth-order valence-corrected chi connectivity index (χ4v) is 1.56. The van der Waals surface area contributed by atoms with Crippen LogP contribution in [0.1, 0.15) is 0 Å². The summed E-state index contributed by atoms with van der Waals surface area (Å²) in [4.78, 5) is 0. The predicted octanol–water partition coefficient (Wildman–Crippen LogP) is 2.04. The average Bonchev–Trinajstić information content (AvgIpc) is 2.70. The quantitative estimate of drug-likeness (QED) is 0.800. The first kappa shape index (κ1) is 10.2. The Morgan fingerprint density at radius 3 is 2.50 bits per heavy atom. The molecule has 1 aromatic carbocycles. The van der Waals surface area contributed by atoms with E-state index in [9.17, 15) is 0 Å². The molecule has 1 aromatic rings. The third kappa shape index (κ3) is 2.83. The molecule has 76 valence electrons. The molecule has 0 saturated carbocycles. The van der Waals surface area contributed by atoms with Gasteiger partial charge in [0.05, 0.1) is 13.2 Å². The van der Waals surface area contributed by atoms with Crippen molar-refractivity contribution in [3.05, 3.63) is 27.8 Å². The predicted molar refractivity (Wildman–Crippen MR) is 60.3 cm³/mol. The van der Waals surface area contributed by atoms with Crippen LogP contribution in [0.4, 0.5) is 0 Å². The van der Waals surface area contributed by atoms with E-state index in [0.717, 1.165) is 5.75 Å². The first-order valence-electron chi connectivity index (χ1n) is 4.46. The normalized spacial score (nSPS) is 17.2. The Bertz CT molecular complexity index is 280. The van der Waals surface area contributed by atoms with E-state index in [2.05, 4.69) is 22.6 Å². The first-order valence-corrected chi connectivity index (χ1v) is 5.54. The molecule has 1 saturated heterocycles. The Hall–Kier alpha value is -0.330. The molecule has 0 atom stereocenters. The molecule has 0 unspecified atom stereocenters. The molecule has 14 heavy (non-hydrogen) atoms. The summed E-state index contributed by atoms with van der Waals surface area (Å²) < 4.78 is 17.2. The summed E-state index contributed by atoms with van der Waals surface area (Å²) in [5.74, 6) is 0.851. The van der Waals surface area contributed by atoms with Crippen LogP contribution in [-0.4, -0.2) is 26.1 Å². The van der Waals surface area contributed by atoms with Crippen molar-refractivity contribution in [1.82, 2.24) is 0 Å². The van der Waals surface area contributed by atoms with Gasteiger partial charge in [-0.25, -0.2) is 0 Å². The summed E-state index contributed by atoms with van der Waals surface area (Å²) >= 11 is 2.26. The van der Waals surface area contributed by atoms with Crippen molar-refractivity contribution < 1.29 is 14.2 Å². The molecular weight excluding hydrogens is 295 g/mol. The minimum absolute atomic E-state index is 0.200. The number of ether oxygens (including phenoxy) is 3. The standard InChI is InChI=1S/C10H11IO3/c11-8-1-3-9(4-2-8)14-7-10-12-5-6-13-10/h1-4,10H,5-7H2. The summed E-state index contributed by atoms with van der Waals surface area (Å²) in [7, 11) is 0. The second-order valence-corrected chi connectivity index (χ2v) is 4.18. The van der Waals surface area contributed by atoms with Crippen molar-refractivity contribution >= 4 is 22.6 Å². The molecule has 0 spiro atoms. The maximum absolute atomic E-state index is 5.49. The Morgan fingerprint density at radius 1 is 1.21 bits per heavy atom. The lowest BCUT2D eigenvalue weighted by molar-refractivity contribution is -0.0684. The number of hydrogen-bond donors (Lipinski definition) is 0. The fourth-order valence-electron chi connectivity index (χ4n) is 1.20. The molecule has 0 bridgehead atoms. The van der Waals surface area contributed by atoms with E-state index in [0.29, 0.717) is 19.8 Å². The second kappa shape index (κ2) is 4.95. The van der Waals surface area contributed by atoms with Crippen molar-refractivity contribution in [2.24, 2.45) is 0 Å². The van der Waals surface area contributed by atoms with Crippen LogP contribution >= 0.6 is 22.6 Å². The van der Waals surface area contributed by atoms with Crippen molar-refractivity contribution in [2.45, 2.75) is 6.29 Å². The van der Waals surface area contributed by atoms with E-state index in [1.165, 1.54) is 3.57 Å². The summed E-state index contributed by atoms with van der Waals surface area (Å²) in [6.45, 7) is 1.79. The van der Waals surface area contributed by atoms with E-state index < -0.39 is 0 Å². The van der Waals surface area contributed by atoms with Gasteiger partial charge in [0.15, 0.2) is 6.29 Å². The molecule has 2 rings (SSSR count). The Kier molecular flexibility index (Phi) is 3.61. The topological polar surface area (TPSA) is 27.7 Å². The summed E-state index contributed by atoms with van der Waals surface area (Å²) in [6.07, 6.45) is -0.200. The lowest BCUT2D eigenvalue weighted by Crippen LogP contribution is -2.18. The highest BCUT2D eigenvalue weighted by Crippen LogP contribution is 2.14. The lowest BCUT2D eigenvalue weighted by Gasteiger charge is -2.10. The monoisotopic (exact) mass is 306 g/mol. The highest BCUT2D eigenvalue weighted by molar-refractivity contribution is 14.1. The van der Waals surface area contributed by atoms with Gasteiger partial charge in [0.25, 0.3) is 0 Å². The minimum Gasteiger partial charge on any atom is -0.488 e. The highest BCUT2D eigenvalue weighted by Gasteiger charge is 2.16. The Morgan fingerprint density at radius 2 is 1.86 bits per heavy atom. The van der Waals surface area contributed by atoms with E-state index in [4.69, 9.17) is 14.2 Å². The van der Waals surface area contributed by atoms with Crippen molar-refractivity contribution in [3.63, 3.8) is 0 Å². The third-order valence-corrected chi connectivity index (χ3v) is 2.61. The van der Waals surface area contributed by atoms with Gasteiger partial charge in [0, 0.05) is 3.57 Å². The minimum atomic E-state index is -0.200. The summed E-state index contributed by atoms with van der Waals surface area (Å²) in [6, 6.07) is 7.89. The Labute approximate surface area is 96.5 Å². The number of benzene rings is 1. The fraction of sp³-hybridized carbons (Fsp3) is 0.400. The van der Waals surface area contributed by atoms with Crippen LogP contribution in [-0.2, 0) is 9.47 Å².